The van der Waals surface area contributed by atoms with Crippen LogP contribution in [-0.2, 0) is 0 Å². The molecule has 1 heterocycles. The zero-order valence-electron chi connectivity index (χ0n) is 10.2. The van der Waals surface area contributed by atoms with Crippen LogP contribution in [0.25, 0.3) is 0 Å². The van der Waals surface area contributed by atoms with Gasteiger partial charge < -0.3 is 0 Å². The molecule has 1 saturated heterocycles. The van der Waals surface area contributed by atoms with Crippen LogP contribution >= 0.6 is 11.8 Å². The van der Waals surface area contributed by atoms with Crippen molar-refractivity contribution in [2.75, 3.05) is 18.8 Å². The van der Waals surface area contributed by atoms with E-state index >= 15 is 0 Å². The Hall–Kier alpha value is 0.270. The number of hydrogen-bond donors (Lipinski definition) is 1. The summed E-state index contributed by atoms with van der Waals surface area (Å²) in [6.07, 6.45) is 1.22. The van der Waals surface area contributed by atoms with E-state index in [2.05, 4.69) is 45.1 Å². The largest absolute Gasteiger partial charge is 0.242 e. The van der Waals surface area contributed by atoms with Crippen molar-refractivity contribution in [3.8, 4) is 0 Å². The Bertz CT molecular complexity index is 186. The molecule has 0 spiro atoms. The van der Waals surface area contributed by atoms with E-state index in [0.29, 0.717) is 5.41 Å². The van der Waals surface area contributed by atoms with Crippen LogP contribution in [0.2, 0.25) is 0 Å². The van der Waals surface area contributed by atoms with Crippen LogP contribution in [0.1, 0.15) is 41.0 Å². The van der Waals surface area contributed by atoms with Gasteiger partial charge in [0.1, 0.15) is 0 Å². The molecule has 3 heteroatoms. The van der Waals surface area contributed by atoms with Crippen LogP contribution in [-0.4, -0.2) is 28.7 Å². The first kappa shape index (κ1) is 12.3. The summed E-state index contributed by atoms with van der Waals surface area (Å²) >= 11 is 2.05. The van der Waals surface area contributed by atoms with Crippen molar-refractivity contribution >= 4 is 11.8 Å². The second-order valence-corrected chi connectivity index (χ2v) is 6.74. The molecule has 84 valence electrons. The predicted octanol–water partition coefficient (Wildman–Crippen LogP) is 2.71. The lowest BCUT2D eigenvalue weighted by atomic mass is 9.87. The number of thioether (sulfide) groups is 1. The van der Waals surface area contributed by atoms with Gasteiger partial charge in [-0.1, -0.05) is 27.7 Å². The summed E-state index contributed by atoms with van der Waals surface area (Å²) in [4.78, 5) is 0.181. The van der Waals surface area contributed by atoms with Gasteiger partial charge in [0.15, 0.2) is 0 Å². The molecular weight excluding hydrogens is 192 g/mol. The molecule has 0 bridgehead atoms. The van der Waals surface area contributed by atoms with Crippen LogP contribution < -0.4 is 5.43 Å². The first-order valence-electron chi connectivity index (χ1n) is 5.56. The Morgan fingerprint density at radius 2 is 2.07 bits per heavy atom. The summed E-state index contributed by atoms with van der Waals surface area (Å²) < 4.78 is 0. The molecule has 0 radical (unpaired) electrons. The lowest BCUT2D eigenvalue weighted by molar-refractivity contribution is 0.0916. The highest BCUT2D eigenvalue weighted by molar-refractivity contribution is 8.00. The second-order valence-electron chi connectivity index (χ2n) is 5.23. The third-order valence-electron chi connectivity index (χ3n) is 3.05. The second kappa shape index (κ2) is 4.42. The Kier molecular flexibility index (Phi) is 3.89. The summed E-state index contributed by atoms with van der Waals surface area (Å²) in [5, 5.41) is 2.38. The van der Waals surface area contributed by atoms with Gasteiger partial charge in [-0.15, -0.1) is 11.8 Å². The van der Waals surface area contributed by atoms with E-state index in [0.717, 1.165) is 6.54 Å². The molecule has 2 nitrogen and oxygen atoms in total. The Balaban J connectivity index is 2.62. The van der Waals surface area contributed by atoms with E-state index in [-0.39, 0.29) is 4.87 Å². The smallest absolute Gasteiger partial charge is 0.0796 e. The van der Waals surface area contributed by atoms with Gasteiger partial charge in [-0.05, 0) is 18.8 Å². The normalized spacial score (nSPS) is 30.6. The minimum absolute atomic E-state index is 0.181. The van der Waals surface area contributed by atoms with Gasteiger partial charge >= 0.3 is 0 Å². The fourth-order valence-corrected chi connectivity index (χ4v) is 2.92. The SMILES string of the molecule is CCCN1CCSC(C)(C(C)(C)C)N1. The van der Waals surface area contributed by atoms with Gasteiger partial charge in [0.2, 0.25) is 0 Å². The number of rotatable bonds is 2. The molecule has 1 unspecified atom stereocenters. The standard InChI is InChI=1S/C11H24N2S/c1-6-7-13-8-9-14-11(5,12-13)10(2,3)4/h12H,6-9H2,1-5H3. The number of hydrazine groups is 1. The number of nitrogens with zero attached hydrogens (tertiary/aromatic N) is 1. The summed E-state index contributed by atoms with van der Waals surface area (Å²) in [6, 6.07) is 0. The molecule has 0 amide bonds. The Morgan fingerprint density at radius 1 is 1.43 bits per heavy atom. The van der Waals surface area contributed by atoms with Crippen LogP contribution in [0.15, 0.2) is 0 Å². The van der Waals surface area contributed by atoms with Crippen LogP contribution in [0.4, 0.5) is 0 Å². The number of hydrogen-bond acceptors (Lipinski definition) is 3. The maximum absolute atomic E-state index is 3.67. The quantitative estimate of drug-likeness (QED) is 0.764. The average molecular weight is 216 g/mol. The van der Waals surface area contributed by atoms with Crippen molar-refractivity contribution in [1.82, 2.24) is 10.4 Å². The van der Waals surface area contributed by atoms with Crippen molar-refractivity contribution in [2.45, 2.75) is 45.9 Å². The molecule has 0 aliphatic carbocycles. The van der Waals surface area contributed by atoms with Crippen molar-refractivity contribution in [2.24, 2.45) is 5.41 Å². The highest BCUT2D eigenvalue weighted by atomic mass is 32.2. The lowest BCUT2D eigenvalue weighted by Gasteiger charge is -2.48. The van der Waals surface area contributed by atoms with Crippen LogP contribution in [0, 0.1) is 5.41 Å². The van der Waals surface area contributed by atoms with Gasteiger partial charge in [0, 0.05) is 18.8 Å². The molecule has 0 saturated carbocycles. The molecule has 1 rings (SSSR count). The fraction of sp³-hybridized carbons (Fsp3) is 1.00. The van der Waals surface area contributed by atoms with Gasteiger partial charge in [-0.3, -0.25) is 0 Å². The Labute approximate surface area is 92.8 Å². The van der Waals surface area contributed by atoms with Gasteiger partial charge in [-0.2, -0.15) is 0 Å². The van der Waals surface area contributed by atoms with Crippen molar-refractivity contribution in [1.29, 1.82) is 0 Å². The molecule has 0 aromatic rings. The van der Waals surface area contributed by atoms with Crippen molar-refractivity contribution in [3.05, 3.63) is 0 Å². The maximum Gasteiger partial charge on any atom is 0.0796 e. The molecule has 0 aromatic heterocycles. The first-order valence-corrected chi connectivity index (χ1v) is 6.54. The van der Waals surface area contributed by atoms with E-state index in [9.17, 15) is 0 Å². The minimum Gasteiger partial charge on any atom is -0.242 e. The Morgan fingerprint density at radius 3 is 2.57 bits per heavy atom. The van der Waals surface area contributed by atoms with Gasteiger partial charge in [0.05, 0.1) is 4.87 Å². The fourth-order valence-electron chi connectivity index (χ4n) is 1.57. The zero-order valence-corrected chi connectivity index (χ0v) is 11.0. The molecule has 1 N–H and O–H groups in total. The summed E-state index contributed by atoms with van der Waals surface area (Å²) in [7, 11) is 0. The summed E-state index contributed by atoms with van der Waals surface area (Å²) in [6.45, 7) is 13.8. The van der Waals surface area contributed by atoms with Gasteiger partial charge in [0.25, 0.3) is 0 Å². The molecule has 1 aliphatic rings. The molecule has 1 aliphatic heterocycles. The molecular formula is C11H24N2S. The molecule has 14 heavy (non-hydrogen) atoms. The summed E-state index contributed by atoms with van der Waals surface area (Å²) in [5.41, 5.74) is 3.96. The van der Waals surface area contributed by atoms with Crippen molar-refractivity contribution < 1.29 is 0 Å². The molecule has 1 atom stereocenters. The van der Waals surface area contributed by atoms with E-state index < -0.39 is 0 Å². The van der Waals surface area contributed by atoms with E-state index in [1.807, 2.05) is 11.8 Å². The molecule has 1 fully saturated rings. The zero-order chi connectivity index (χ0) is 10.8. The third-order valence-corrected chi connectivity index (χ3v) is 4.72. The van der Waals surface area contributed by atoms with Crippen molar-refractivity contribution in [3.63, 3.8) is 0 Å². The predicted molar refractivity (Wildman–Crippen MR) is 65.3 cm³/mol. The molecule has 0 aromatic carbocycles. The topological polar surface area (TPSA) is 15.3 Å². The summed E-state index contributed by atoms with van der Waals surface area (Å²) in [5.74, 6) is 1.24. The monoisotopic (exact) mass is 216 g/mol. The van der Waals surface area contributed by atoms with Gasteiger partial charge in [-0.25, -0.2) is 10.4 Å². The van der Waals surface area contributed by atoms with E-state index in [1.165, 1.54) is 18.7 Å². The van der Waals surface area contributed by atoms with E-state index in [1.54, 1.807) is 0 Å². The maximum atomic E-state index is 3.67. The third kappa shape index (κ3) is 2.65. The minimum atomic E-state index is 0.181. The highest BCUT2D eigenvalue weighted by Crippen LogP contribution is 2.41. The van der Waals surface area contributed by atoms with Crippen LogP contribution in [0.3, 0.4) is 0 Å². The average Bonchev–Trinajstić information content (AvgIpc) is 2.03. The van der Waals surface area contributed by atoms with Crippen LogP contribution in [0.5, 0.6) is 0 Å². The first-order chi connectivity index (χ1) is 6.39. The van der Waals surface area contributed by atoms with E-state index in [4.69, 9.17) is 0 Å². The lowest BCUT2D eigenvalue weighted by Crippen LogP contribution is -2.61. The number of nitrogens with one attached hydrogen (secondary N) is 1. The highest BCUT2D eigenvalue weighted by Gasteiger charge is 2.41.